The largest absolute Gasteiger partial charge is 0.383 e. The molecule has 2 aliphatic rings. The molecule has 1 atom stereocenters. The number of carbonyl (C=O) groups excluding carboxylic acids is 2. The number of hydrogen-bond donors (Lipinski definition) is 1. The summed E-state index contributed by atoms with van der Waals surface area (Å²) in [6.07, 6.45) is 7.82. The second kappa shape index (κ2) is 8.71. The third-order valence-electron chi connectivity index (χ3n) is 6.71. The van der Waals surface area contributed by atoms with Crippen LogP contribution in [-0.2, 0) is 22.5 Å². The maximum Gasteiger partial charge on any atom is 0.271 e. The molecule has 4 rings (SSSR count). The van der Waals surface area contributed by atoms with Crippen LogP contribution in [0.1, 0.15) is 67.7 Å². The number of rotatable bonds is 6. The van der Waals surface area contributed by atoms with Crippen LogP contribution in [0, 0.1) is 0 Å². The van der Waals surface area contributed by atoms with Gasteiger partial charge in [0, 0.05) is 24.6 Å². The molecule has 3 heterocycles. The highest BCUT2D eigenvalue weighted by Crippen LogP contribution is 2.36. The van der Waals surface area contributed by atoms with Gasteiger partial charge < -0.3 is 19.5 Å². The summed E-state index contributed by atoms with van der Waals surface area (Å²) in [6.45, 7) is 5.34. The molecule has 30 heavy (non-hydrogen) atoms. The SMILES string of the molecule is CCc1cc2c(cc3n2CC(C)(C(=O)NC2CCCCCC2)N(CCOC)C3=O)s1. The molecular weight excluding hydrogens is 398 g/mol. The number of methoxy groups -OCH3 is 1. The fraction of sp³-hybridized carbons (Fsp3) is 0.652. The molecule has 0 aromatic carbocycles. The van der Waals surface area contributed by atoms with Crippen molar-refractivity contribution >= 4 is 33.4 Å². The van der Waals surface area contributed by atoms with E-state index in [1.54, 1.807) is 23.3 Å². The molecule has 0 bridgehead atoms. The summed E-state index contributed by atoms with van der Waals surface area (Å²) in [5.41, 5.74) is 0.810. The summed E-state index contributed by atoms with van der Waals surface area (Å²) in [5.74, 6) is -0.129. The van der Waals surface area contributed by atoms with Crippen LogP contribution in [-0.4, -0.2) is 53.1 Å². The van der Waals surface area contributed by atoms with Crippen molar-refractivity contribution in [3.63, 3.8) is 0 Å². The number of nitrogens with zero attached hydrogens (tertiary/aromatic N) is 2. The summed E-state index contributed by atoms with van der Waals surface area (Å²) in [6, 6.07) is 4.37. The van der Waals surface area contributed by atoms with Gasteiger partial charge in [0.2, 0.25) is 5.91 Å². The van der Waals surface area contributed by atoms with E-state index in [0.717, 1.165) is 42.3 Å². The quantitative estimate of drug-likeness (QED) is 0.704. The van der Waals surface area contributed by atoms with Gasteiger partial charge >= 0.3 is 0 Å². The number of amides is 2. The summed E-state index contributed by atoms with van der Waals surface area (Å²) in [7, 11) is 1.63. The Bertz CT molecular complexity index is 926. The molecule has 0 spiro atoms. The molecule has 2 amide bonds. The first-order chi connectivity index (χ1) is 14.5. The Labute approximate surface area is 182 Å². The van der Waals surface area contributed by atoms with E-state index in [1.807, 2.05) is 13.0 Å². The summed E-state index contributed by atoms with van der Waals surface area (Å²) >= 11 is 1.73. The fourth-order valence-corrected chi connectivity index (χ4v) is 5.90. The molecular formula is C23H33N3O3S. The highest BCUT2D eigenvalue weighted by Gasteiger charge is 2.48. The van der Waals surface area contributed by atoms with Crippen molar-refractivity contribution in [1.29, 1.82) is 0 Å². The van der Waals surface area contributed by atoms with Crippen LogP contribution >= 0.6 is 11.3 Å². The number of thiophene rings is 1. The van der Waals surface area contributed by atoms with E-state index in [9.17, 15) is 9.59 Å². The van der Waals surface area contributed by atoms with Gasteiger partial charge in [-0.15, -0.1) is 11.3 Å². The van der Waals surface area contributed by atoms with Crippen molar-refractivity contribution in [3.8, 4) is 0 Å². The van der Waals surface area contributed by atoms with Gasteiger partial charge in [0.05, 0.1) is 23.4 Å². The molecule has 1 N–H and O–H groups in total. The zero-order valence-electron chi connectivity index (χ0n) is 18.3. The maximum atomic E-state index is 13.6. The average molecular weight is 432 g/mol. The highest BCUT2D eigenvalue weighted by atomic mass is 32.1. The van der Waals surface area contributed by atoms with E-state index < -0.39 is 5.54 Å². The number of aryl methyl sites for hydroxylation is 1. The standard InChI is InChI=1S/C23H33N3O3S/c1-4-17-13-18-20(30-17)14-19-21(27)26(11-12-29-3)23(2,15-25(18)19)22(28)24-16-9-7-5-6-8-10-16/h13-14,16H,4-12,15H2,1-3H3,(H,24,28). The van der Waals surface area contributed by atoms with Gasteiger partial charge in [0.15, 0.2) is 0 Å². The first-order valence-corrected chi connectivity index (χ1v) is 12.0. The molecule has 1 fully saturated rings. The van der Waals surface area contributed by atoms with E-state index in [-0.39, 0.29) is 17.9 Å². The Kier molecular flexibility index (Phi) is 6.21. The zero-order valence-corrected chi connectivity index (χ0v) is 19.1. The predicted molar refractivity (Wildman–Crippen MR) is 120 cm³/mol. The van der Waals surface area contributed by atoms with E-state index in [4.69, 9.17) is 4.74 Å². The molecule has 7 heteroatoms. The van der Waals surface area contributed by atoms with Crippen molar-refractivity contribution in [2.45, 2.75) is 76.9 Å². The van der Waals surface area contributed by atoms with Gasteiger partial charge in [-0.25, -0.2) is 0 Å². The van der Waals surface area contributed by atoms with Crippen LogP contribution in [0.5, 0.6) is 0 Å². The number of nitrogens with one attached hydrogen (secondary N) is 1. The van der Waals surface area contributed by atoms with Gasteiger partial charge in [0.1, 0.15) is 11.2 Å². The summed E-state index contributed by atoms with van der Waals surface area (Å²) in [4.78, 5) is 30.1. The van der Waals surface area contributed by atoms with Crippen LogP contribution < -0.4 is 5.32 Å². The molecule has 0 saturated heterocycles. The molecule has 2 aromatic heterocycles. The first-order valence-electron chi connectivity index (χ1n) is 11.2. The van der Waals surface area contributed by atoms with Crippen molar-refractivity contribution in [2.75, 3.05) is 20.3 Å². The number of aromatic nitrogens is 1. The lowest BCUT2D eigenvalue weighted by Gasteiger charge is -2.44. The number of carbonyl (C=O) groups is 2. The van der Waals surface area contributed by atoms with E-state index in [0.29, 0.717) is 25.4 Å². The van der Waals surface area contributed by atoms with E-state index in [1.165, 1.54) is 17.7 Å². The maximum absolute atomic E-state index is 13.6. The van der Waals surface area contributed by atoms with Crippen molar-refractivity contribution in [1.82, 2.24) is 14.8 Å². The lowest BCUT2D eigenvalue weighted by atomic mass is 9.93. The van der Waals surface area contributed by atoms with E-state index in [2.05, 4.69) is 22.9 Å². The van der Waals surface area contributed by atoms with Crippen LogP contribution in [0.25, 0.3) is 10.2 Å². The second-order valence-corrected chi connectivity index (χ2v) is 9.99. The molecule has 1 saturated carbocycles. The minimum Gasteiger partial charge on any atom is -0.383 e. The van der Waals surface area contributed by atoms with Gasteiger partial charge in [-0.2, -0.15) is 0 Å². The lowest BCUT2D eigenvalue weighted by Crippen LogP contribution is -2.65. The van der Waals surface area contributed by atoms with Crippen LogP contribution in [0.4, 0.5) is 0 Å². The average Bonchev–Trinajstić information content (AvgIpc) is 3.17. The van der Waals surface area contributed by atoms with Crippen molar-refractivity contribution in [3.05, 3.63) is 22.7 Å². The lowest BCUT2D eigenvalue weighted by molar-refractivity contribution is -0.134. The van der Waals surface area contributed by atoms with Gasteiger partial charge in [-0.3, -0.25) is 9.59 Å². The van der Waals surface area contributed by atoms with Gasteiger partial charge in [-0.05, 0) is 38.3 Å². The summed E-state index contributed by atoms with van der Waals surface area (Å²) < 4.78 is 8.44. The van der Waals surface area contributed by atoms with Crippen LogP contribution in [0.2, 0.25) is 0 Å². The Hall–Kier alpha value is -1.86. The smallest absolute Gasteiger partial charge is 0.271 e. The number of fused-ring (bicyclic) bond motifs is 3. The molecule has 6 nitrogen and oxygen atoms in total. The minimum atomic E-state index is -0.935. The van der Waals surface area contributed by atoms with E-state index >= 15 is 0 Å². The fourth-order valence-electron chi connectivity index (χ4n) is 4.86. The minimum absolute atomic E-state index is 0.0442. The molecule has 2 aromatic rings. The zero-order chi connectivity index (χ0) is 21.3. The normalized spacial score (nSPS) is 22.9. The number of hydrogen-bond acceptors (Lipinski definition) is 4. The monoisotopic (exact) mass is 431 g/mol. The molecule has 0 radical (unpaired) electrons. The highest BCUT2D eigenvalue weighted by molar-refractivity contribution is 7.19. The molecule has 164 valence electrons. The van der Waals surface area contributed by atoms with Crippen molar-refractivity contribution < 1.29 is 14.3 Å². The van der Waals surface area contributed by atoms with Gasteiger partial charge in [-0.1, -0.05) is 32.6 Å². The first kappa shape index (κ1) is 21.4. The Morgan fingerprint density at radius 2 is 2.00 bits per heavy atom. The third kappa shape index (κ3) is 3.78. The number of ether oxygens (including phenoxy) is 1. The van der Waals surface area contributed by atoms with Gasteiger partial charge in [0.25, 0.3) is 5.91 Å². The Morgan fingerprint density at radius 1 is 1.27 bits per heavy atom. The molecule has 1 aliphatic heterocycles. The molecule has 1 unspecified atom stereocenters. The predicted octanol–water partition coefficient (Wildman–Crippen LogP) is 3.97. The summed E-state index contributed by atoms with van der Waals surface area (Å²) in [5, 5.41) is 3.30. The third-order valence-corrected chi connectivity index (χ3v) is 7.93. The van der Waals surface area contributed by atoms with Crippen molar-refractivity contribution in [2.24, 2.45) is 0 Å². The Balaban J connectivity index is 1.68. The van der Waals surface area contributed by atoms with Crippen LogP contribution in [0.15, 0.2) is 12.1 Å². The topological polar surface area (TPSA) is 63.6 Å². The van der Waals surface area contributed by atoms with Crippen LogP contribution in [0.3, 0.4) is 0 Å². The molecule has 1 aliphatic carbocycles. The second-order valence-electron chi connectivity index (χ2n) is 8.82. The Morgan fingerprint density at radius 3 is 2.67 bits per heavy atom.